The van der Waals surface area contributed by atoms with Crippen molar-refractivity contribution in [2.75, 3.05) is 11.9 Å². The first-order valence-corrected chi connectivity index (χ1v) is 12.3. The number of amides is 1. The highest BCUT2D eigenvalue weighted by molar-refractivity contribution is 9.10. The van der Waals surface area contributed by atoms with E-state index >= 15 is 0 Å². The highest BCUT2D eigenvalue weighted by Gasteiger charge is 2.28. The summed E-state index contributed by atoms with van der Waals surface area (Å²) in [5.74, 6) is -1.35. The van der Waals surface area contributed by atoms with Gasteiger partial charge in [0.15, 0.2) is 0 Å². The van der Waals surface area contributed by atoms with E-state index in [1.807, 2.05) is 6.92 Å². The van der Waals surface area contributed by atoms with Crippen molar-refractivity contribution in [3.63, 3.8) is 0 Å². The molecule has 0 unspecified atom stereocenters. The summed E-state index contributed by atoms with van der Waals surface area (Å²) in [6.07, 6.45) is 0. The lowest BCUT2D eigenvalue weighted by atomic mass is 10.2. The van der Waals surface area contributed by atoms with Crippen molar-refractivity contribution in [2.45, 2.75) is 18.4 Å². The molecular weight excluding hydrogens is 542 g/mol. The number of benzene rings is 3. The minimum Gasteiger partial charge on any atom is -0.322 e. The van der Waals surface area contributed by atoms with Gasteiger partial charge in [-0.25, -0.2) is 12.8 Å². The Balaban J connectivity index is 1.92. The summed E-state index contributed by atoms with van der Waals surface area (Å²) >= 11 is 15.3. The number of rotatable bonds is 7. The highest BCUT2D eigenvalue weighted by atomic mass is 79.9. The Morgan fingerprint density at radius 2 is 1.75 bits per heavy atom. The monoisotopic (exact) mass is 558 g/mol. The molecule has 0 aliphatic carbocycles. The molecule has 0 aliphatic heterocycles. The first-order valence-electron chi connectivity index (χ1n) is 9.32. The number of anilines is 1. The third-order valence-electron chi connectivity index (χ3n) is 4.55. The predicted molar refractivity (Wildman–Crippen MR) is 128 cm³/mol. The third kappa shape index (κ3) is 6.08. The molecule has 3 aromatic carbocycles. The van der Waals surface area contributed by atoms with Gasteiger partial charge < -0.3 is 5.32 Å². The molecule has 32 heavy (non-hydrogen) atoms. The van der Waals surface area contributed by atoms with Crippen LogP contribution in [0.2, 0.25) is 10.0 Å². The van der Waals surface area contributed by atoms with E-state index in [2.05, 4.69) is 21.2 Å². The van der Waals surface area contributed by atoms with E-state index in [0.29, 0.717) is 15.1 Å². The van der Waals surface area contributed by atoms with Crippen LogP contribution in [-0.2, 0) is 21.4 Å². The van der Waals surface area contributed by atoms with Crippen molar-refractivity contribution >= 4 is 60.7 Å². The maximum atomic E-state index is 14.1. The number of sulfonamides is 1. The number of carbonyl (C=O) groups excluding carboxylic acids is 1. The van der Waals surface area contributed by atoms with Gasteiger partial charge in [-0.15, -0.1) is 0 Å². The number of carbonyl (C=O) groups is 1. The lowest BCUT2D eigenvalue weighted by Gasteiger charge is -2.23. The van der Waals surface area contributed by atoms with Gasteiger partial charge in [0.2, 0.25) is 15.9 Å². The molecule has 3 rings (SSSR count). The van der Waals surface area contributed by atoms with Gasteiger partial charge in [-0.3, -0.25) is 4.79 Å². The maximum Gasteiger partial charge on any atom is 0.243 e. The van der Waals surface area contributed by atoms with Crippen molar-refractivity contribution in [1.29, 1.82) is 0 Å². The Kier molecular flexibility index (Phi) is 7.95. The normalized spacial score (nSPS) is 11.6. The molecular formula is C22H18BrCl2FN2O3S. The minimum absolute atomic E-state index is 0.0239. The summed E-state index contributed by atoms with van der Waals surface area (Å²) < 4.78 is 42.3. The van der Waals surface area contributed by atoms with Crippen molar-refractivity contribution in [1.82, 2.24) is 4.31 Å². The second kappa shape index (κ2) is 10.3. The average molecular weight is 560 g/mol. The van der Waals surface area contributed by atoms with Gasteiger partial charge in [0.05, 0.1) is 17.1 Å². The number of nitrogens with one attached hydrogen (secondary N) is 1. The second-order valence-corrected chi connectivity index (χ2v) is 10.7. The summed E-state index contributed by atoms with van der Waals surface area (Å²) in [5, 5.41) is 3.08. The van der Waals surface area contributed by atoms with E-state index in [1.54, 1.807) is 30.3 Å². The largest absolute Gasteiger partial charge is 0.322 e. The Hall–Kier alpha value is -1.97. The van der Waals surface area contributed by atoms with Gasteiger partial charge in [0.25, 0.3) is 0 Å². The standard InChI is InChI=1S/C22H18BrCl2FN2O3S/c1-14-2-7-18(8-3-14)32(30,31)28(12-15-4-6-17(24)11-19(15)25)13-22(29)27-21-9-5-16(23)10-20(21)26/h2-11H,12-13H2,1H3,(H,27,29). The summed E-state index contributed by atoms with van der Waals surface area (Å²) in [6.45, 7) is 1.11. The van der Waals surface area contributed by atoms with E-state index in [9.17, 15) is 17.6 Å². The molecule has 168 valence electrons. The zero-order valence-corrected chi connectivity index (χ0v) is 20.7. The quantitative estimate of drug-likeness (QED) is 0.384. The molecule has 1 amide bonds. The van der Waals surface area contributed by atoms with Gasteiger partial charge >= 0.3 is 0 Å². The first-order chi connectivity index (χ1) is 15.1. The number of nitrogens with zero attached hydrogens (tertiary/aromatic N) is 1. The molecule has 0 fully saturated rings. The van der Waals surface area contributed by atoms with Gasteiger partial charge in [0, 0.05) is 21.1 Å². The number of hydrogen-bond acceptors (Lipinski definition) is 3. The summed E-state index contributed by atoms with van der Waals surface area (Å²) in [6, 6.07) is 15.1. The van der Waals surface area contributed by atoms with Gasteiger partial charge in [0.1, 0.15) is 5.82 Å². The van der Waals surface area contributed by atoms with E-state index in [4.69, 9.17) is 23.2 Å². The van der Waals surface area contributed by atoms with Crippen molar-refractivity contribution in [3.05, 3.63) is 92.1 Å². The molecule has 0 saturated carbocycles. The molecule has 0 heterocycles. The fourth-order valence-electron chi connectivity index (χ4n) is 2.87. The number of aryl methyl sites for hydroxylation is 1. The Morgan fingerprint density at radius 3 is 2.38 bits per heavy atom. The second-order valence-electron chi connectivity index (χ2n) is 6.99. The fourth-order valence-corrected chi connectivity index (χ4v) is 5.04. The molecule has 0 atom stereocenters. The molecule has 5 nitrogen and oxygen atoms in total. The zero-order chi connectivity index (χ0) is 23.5. The van der Waals surface area contributed by atoms with Crippen molar-refractivity contribution in [3.8, 4) is 0 Å². The molecule has 0 bridgehead atoms. The SMILES string of the molecule is Cc1ccc(S(=O)(=O)N(CC(=O)Nc2ccc(Br)cc2F)Cc2ccc(Cl)cc2Cl)cc1. The van der Waals surface area contributed by atoms with Gasteiger partial charge in [-0.2, -0.15) is 4.31 Å². The topological polar surface area (TPSA) is 66.5 Å². The molecule has 0 saturated heterocycles. The Labute approximate surface area is 204 Å². The highest BCUT2D eigenvalue weighted by Crippen LogP contribution is 2.26. The molecule has 0 spiro atoms. The van der Waals surface area contributed by atoms with Gasteiger partial charge in [-0.05, 0) is 55.0 Å². The van der Waals surface area contributed by atoms with Crippen LogP contribution >= 0.6 is 39.1 Å². The number of hydrogen-bond donors (Lipinski definition) is 1. The van der Waals surface area contributed by atoms with E-state index in [0.717, 1.165) is 9.87 Å². The molecule has 1 N–H and O–H groups in total. The van der Waals surface area contributed by atoms with Crippen LogP contribution in [0, 0.1) is 12.7 Å². The smallest absolute Gasteiger partial charge is 0.243 e. The van der Waals surface area contributed by atoms with Crippen molar-refractivity contribution in [2.24, 2.45) is 0 Å². The van der Waals surface area contributed by atoms with Gasteiger partial charge in [-0.1, -0.05) is 62.9 Å². The maximum absolute atomic E-state index is 14.1. The van der Waals surface area contributed by atoms with Crippen LogP contribution in [-0.4, -0.2) is 25.2 Å². The summed E-state index contributed by atoms with van der Waals surface area (Å²) in [5.41, 5.74) is 1.30. The lowest BCUT2D eigenvalue weighted by Crippen LogP contribution is -2.37. The van der Waals surface area contributed by atoms with Crippen LogP contribution in [0.1, 0.15) is 11.1 Å². The predicted octanol–water partition coefficient (Wildman–Crippen LogP) is 6.03. The molecule has 0 radical (unpaired) electrons. The van der Waals surface area contributed by atoms with E-state index in [1.165, 1.54) is 30.3 Å². The van der Waals surface area contributed by atoms with Crippen LogP contribution in [0.25, 0.3) is 0 Å². The average Bonchev–Trinajstić information content (AvgIpc) is 2.71. The first kappa shape index (κ1) is 24.7. The summed E-state index contributed by atoms with van der Waals surface area (Å²) in [7, 11) is -4.07. The third-order valence-corrected chi connectivity index (χ3v) is 7.43. The lowest BCUT2D eigenvalue weighted by molar-refractivity contribution is -0.116. The van der Waals surface area contributed by atoms with Crippen LogP contribution in [0.5, 0.6) is 0 Å². The number of halogens is 4. The fraction of sp³-hybridized carbons (Fsp3) is 0.136. The van der Waals surface area contributed by atoms with Crippen LogP contribution < -0.4 is 5.32 Å². The Bertz CT molecular complexity index is 1250. The molecule has 0 aliphatic rings. The minimum atomic E-state index is -4.07. The van der Waals surface area contributed by atoms with Crippen molar-refractivity contribution < 1.29 is 17.6 Å². The molecule has 10 heteroatoms. The zero-order valence-electron chi connectivity index (χ0n) is 16.8. The molecule has 3 aromatic rings. The van der Waals surface area contributed by atoms with Crippen LogP contribution in [0.3, 0.4) is 0 Å². The Morgan fingerprint density at radius 1 is 1.06 bits per heavy atom. The van der Waals surface area contributed by atoms with E-state index in [-0.39, 0.29) is 22.2 Å². The molecule has 0 aromatic heterocycles. The van der Waals surface area contributed by atoms with E-state index < -0.39 is 28.3 Å². The van der Waals surface area contributed by atoms with Crippen LogP contribution in [0.4, 0.5) is 10.1 Å². The summed E-state index contributed by atoms with van der Waals surface area (Å²) in [4.78, 5) is 12.7. The van der Waals surface area contributed by atoms with Crippen LogP contribution in [0.15, 0.2) is 70.0 Å².